The molecular weight excluding hydrogens is 645 g/mol. The van der Waals surface area contributed by atoms with Crippen molar-refractivity contribution in [1.29, 1.82) is 0 Å². The minimum Gasteiger partial charge on any atom is -0.508 e. The van der Waals surface area contributed by atoms with Crippen LogP contribution in [0.2, 0.25) is 0 Å². The first-order chi connectivity index (χ1) is 23.3. The van der Waals surface area contributed by atoms with E-state index in [-0.39, 0.29) is 30.9 Å². The third-order valence-electron chi connectivity index (χ3n) is 6.94. The fraction of sp³-hybridized carbons (Fsp3) is 0.229. The van der Waals surface area contributed by atoms with Crippen molar-refractivity contribution >= 4 is 29.6 Å². The van der Waals surface area contributed by atoms with Crippen LogP contribution in [0.5, 0.6) is 5.75 Å². The number of nitrogens with zero attached hydrogens (tertiary/aromatic N) is 1. The van der Waals surface area contributed by atoms with E-state index in [0.29, 0.717) is 24.3 Å². The molecule has 2 amide bonds. The molecule has 2 atom stereocenters. The second kappa shape index (κ2) is 18.4. The maximum absolute atomic E-state index is 13.5. The van der Waals surface area contributed by atoms with E-state index in [1.54, 1.807) is 30.5 Å². The zero-order valence-corrected chi connectivity index (χ0v) is 26.1. The number of amides is 2. The summed E-state index contributed by atoms with van der Waals surface area (Å²) >= 11 is 0. The summed E-state index contributed by atoms with van der Waals surface area (Å²) in [5.41, 5.74) is 3.36. The molecule has 0 fully saturated rings. The lowest BCUT2D eigenvalue weighted by molar-refractivity contribution is -0.192. The van der Waals surface area contributed by atoms with Gasteiger partial charge >= 0.3 is 18.1 Å². The van der Waals surface area contributed by atoms with Crippen molar-refractivity contribution in [1.82, 2.24) is 15.6 Å². The Balaban J connectivity index is 0.000000838. The van der Waals surface area contributed by atoms with Crippen LogP contribution in [0, 0.1) is 0 Å². The van der Waals surface area contributed by atoms with Crippen LogP contribution in [0.3, 0.4) is 0 Å². The van der Waals surface area contributed by atoms with Gasteiger partial charge in [-0.2, -0.15) is 13.2 Å². The SMILES string of the molecule is O=C(O)C(F)(F)F.O=C(O)CC(NC(=O)[C@H](Cc1ccc(O)cc1)NC(=O)CCCNc1ccccn1)c1ccc(-c2ccccc2)cc1. The average molecular weight is 681 g/mol. The van der Waals surface area contributed by atoms with Crippen molar-refractivity contribution in [3.8, 4) is 16.9 Å². The number of carbonyl (C=O) groups excluding carboxylic acids is 2. The maximum Gasteiger partial charge on any atom is 0.490 e. The number of benzene rings is 3. The largest absolute Gasteiger partial charge is 0.508 e. The molecule has 0 aliphatic heterocycles. The number of carboxylic acids is 2. The molecule has 3 aromatic carbocycles. The average Bonchev–Trinajstić information content (AvgIpc) is 3.07. The predicted octanol–water partition coefficient (Wildman–Crippen LogP) is 5.34. The summed E-state index contributed by atoms with van der Waals surface area (Å²) in [6, 6.07) is 27.3. The topological polar surface area (TPSA) is 178 Å². The molecule has 4 aromatic rings. The summed E-state index contributed by atoms with van der Waals surface area (Å²) in [6.45, 7) is 0.527. The Morgan fingerprint density at radius 2 is 1.39 bits per heavy atom. The molecule has 0 aliphatic rings. The Bertz CT molecular complexity index is 1660. The van der Waals surface area contributed by atoms with Crippen molar-refractivity contribution in [2.75, 3.05) is 11.9 Å². The summed E-state index contributed by atoms with van der Waals surface area (Å²) in [5.74, 6) is -3.83. The third kappa shape index (κ3) is 13.4. The number of aliphatic carboxylic acids is 2. The quantitative estimate of drug-likeness (QED) is 0.0960. The molecule has 0 saturated heterocycles. The number of pyridine rings is 1. The Morgan fingerprint density at radius 1 is 0.776 bits per heavy atom. The number of carbonyl (C=O) groups is 4. The first-order valence-corrected chi connectivity index (χ1v) is 15.0. The number of anilines is 1. The number of phenolic OH excluding ortho intramolecular Hbond substituents is 1. The molecule has 14 heteroatoms. The lowest BCUT2D eigenvalue weighted by atomic mass is 9.98. The standard InChI is InChI=1S/C33H34N4O5.C2HF3O2/c38-27-17-11-23(12-18-27)21-29(36-31(39)10-6-20-35-30-9-4-5-19-34-30)33(42)37-28(22-32(40)41)26-15-13-25(14-16-26)24-7-2-1-3-8-24;3-2(4,5)1(6)7/h1-5,7-9,11-19,28-29,38H,6,10,20-22H2,(H,34,35)(H,36,39)(H,37,42)(H,40,41);(H,6,7)/t28?,29-;/m0./s1. The fourth-order valence-electron chi connectivity index (χ4n) is 4.51. The summed E-state index contributed by atoms with van der Waals surface area (Å²) in [7, 11) is 0. The number of phenols is 1. The summed E-state index contributed by atoms with van der Waals surface area (Å²) in [5, 5.41) is 35.2. The molecule has 0 saturated carbocycles. The number of aromatic hydroxyl groups is 1. The van der Waals surface area contributed by atoms with Gasteiger partial charge in [0.1, 0.15) is 17.6 Å². The van der Waals surface area contributed by atoms with E-state index in [2.05, 4.69) is 20.9 Å². The van der Waals surface area contributed by atoms with Crippen LogP contribution in [0.25, 0.3) is 11.1 Å². The number of hydrogen-bond acceptors (Lipinski definition) is 7. The van der Waals surface area contributed by atoms with Gasteiger partial charge in [-0.1, -0.05) is 72.8 Å². The van der Waals surface area contributed by atoms with Gasteiger partial charge in [0.25, 0.3) is 0 Å². The molecule has 1 aromatic heterocycles. The number of nitrogens with one attached hydrogen (secondary N) is 3. The highest BCUT2D eigenvalue weighted by Crippen LogP contribution is 2.24. The molecular formula is C35H35F3N4O7. The molecule has 0 radical (unpaired) electrons. The van der Waals surface area contributed by atoms with Crippen molar-refractivity contribution in [2.24, 2.45) is 0 Å². The van der Waals surface area contributed by atoms with Crippen LogP contribution in [0.1, 0.15) is 36.4 Å². The van der Waals surface area contributed by atoms with Gasteiger partial charge in [0, 0.05) is 25.6 Å². The molecule has 49 heavy (non-hydrogen) atoms. The first kappa shape index (κ1) is 37.5. The van der Waals surface area contributed by atoms with E-state index in [4.69, 9.17) is 9.90 Å². The van der Waals surface area contributed by atoms with Gasteiger partial charge < -0.3 is 31.3 Å². The van der Waals surface area contributed by atoms with Gasteiger partial charge in [-0.3, -0.25) is 14.4 Å². The number of halogens is 3. The highest BCUT2D eigenvalue weighted by molar-refractivity contribution is 5.88. The van der Waals surface area contributed by atoms with Crippen molar-refractivity contribution in [3.63, 3.8) is 0 Å². The molecule has 0 aliphatic carbocycles. The minimum atomic E-state index is -5.08. The Hall–Kier alpha value is -5.92. The molecule has 11 nitrogen and oxygen atoms in total. The van der Waals surface area contributed by atoms with E-state index >= 15 is 0 Å². The minimum absolute atomic E-state index is 0.0877. The molecule has 4 rings (SSSR count). The highest BCUT2D eigenvalue weighted by atomic mass is 19.4. The monoisotopic (exact) mass is 680 g/mol. The van der Waals surface area contributed by atoms with Crippen LogP contribution in [-0.4, -0.2) is 62.8 Å². The second-order valence-electron chi connectivity index (χ2n) is 10.7. The van der Waals surface area contributed by atoms with Gasteiger partial charge in [-0.25, -0.2) is 9.78 Å². The number of rotatable bonds is 14. The van der Waals surface area contributed by atoms with Gasteiger partial charge in [0.15, 0.2) is 0 Å². The van der Waals surface area contributed by atoms with E-state index < -0.39 is 36.1 Å². The molecule has 1 unspecified atom stereocenters. The van der Waals surface area contributed by atoms with E-state index in [0.717, 1.165) is 16.7 Å². The molecule has 6 N–H and O–H groups in total. The third-order valence-corrected chi connectivity index (χ3v) is 6.94. The highest BCUT2D eigenvalue weighted by Gasteiger charge is 2.38. The maximum atomic E-state index is 13.5. The van der Waals surface area contributed by atoms with Crippen LogP contribution < -0.4 is 16.0 Å². The molecule has 0 bridgehead atoms. The fourth-order valence-corrected chi connectivity index (χ4v) is 4.51. The summed E-state index contributed by atoms with van der Waals surface area (Å²) < 4.78 is 31.7. The smallest absolute Gasteiger partial charge is 0.490 e. The number of aromatic nitrogens is 1. The van der Waals surface area contributed by atoms with Crippen LogP contribution >= 0.6 is 0 Å². The number of alkyl halides is 3. The van der Waals surface area contributed by atoms with E-state index in [9.17, 15) is 37.8 Å². The Kier molecular flexibility index (Phi) is 14.1. The predicted molar refractivity (Wildman–Crippen MR) is 174 cm³/mol. The van der Waals surface area contributed by atoms with Crippen LogP contribution in [-0.2, 0) is 25.6 Å². The van der Waals surface area contributed by atoms with Gasteiger partial charge in [-0.05, 0) is 52.9 Å². The lowest BCUT2D eigenvalue weighted by Crippen LogP contribution is -2.49. The van der Waals surface area contributed by atoms with Gasteiger partial charge in [0.05, 0.1) is 12.5 Å². The zero-order chi connectivity index (χ0) is 35.8. The van der Waals surface area contributed by atoms with Crippen molar-refractivity contribution in [3.05, 3.63) is 114 Å². The lowest BCUT2D eigenvalue weighted by Gasteiger charge is -2.23. The van der Waals surface area contributed by atoms with Crippen molar-refractivity contribution < 1.29 is 47.7 Å². The van der Waals surface area contributed by atoms with Crippen molar-refractivity contribution in [2.45, 2.75) is 43.9 Å². The first-order valence-electron chi connectivity index (χ1n) is 15.0. The Labute approximate surface area is 279 Å². The van der Waals surface area contributed by atoms with E-state index in [1.165, 1.54) is 12.1 Å². The Morgan fingerprint density at radius 3 is 1.96 bits per heavy atom. The van der Waals surface area contributed by atoms with Gasteiger partial charge in [-0.15, -0.1) is 0 Å². The number of carboxylic acid groups (broad SMARTS) is 2. The zero-order valence-electron chi connectivity index (χ0n) is 26.1. The van der Waals surface area contributed by atoms with Crippen LogP contribution in [0.4, 0.5) is 19.0 Å². The van der Waals surface area contributed by atoms with Gasteiger partial charge in [0.2, 0.25) is 11.8 Å². The second-order valence-corrected chi connectivity index (χ2v) is 10.7. The summed E-state index contributed by atoms with van der Waals surface area (Å²) in [4.78, 5) is 51.2. The van der Waals surface area contributed by atoms with E-state index in [1.807, 2.05) is 60.7 Å². The normalized spacial score (nSPS) is 12.0. The molecule has 1 heterocycles. The molecule has 0 spiro atoms. The van der Waals surface area contributed by atoms with Crippen LogP contribution in [0.15, 0.2) is 103 Å². The molecule has 258 valence electrons. The summed E-state index contributed by atoms with van der Waals surface area (Å²) in [6.07, 6.45) is -2.87. The number of hydrogen-bond donors (Lipinski definition) is 6.